The van der Waals surface area contributed by atoms with E-state index >= 15 is 0 Å². The number of unbranched alkanes of at least 4 members (excludes halogenated alkanes) is 1. The van der Waals surface area contributed by atoms with Crippen LogP contribution in [0.2, 0.25) is 0 Å². The van der Waals surface area contributed by atoms with Crippen LogP contribution in [0, 0.1) is 0 Å². The molecule has 24 heavy (non-hydrogen) atoms. The van der Waals surface area contributed by atoms with E-state index in [1.165, 1.54) is 0 Å². The fourth-order valence-corrected chi connectivity index (χ4v) is 2.99. The highest BCUT2D eigenvalue weighted by Gasteiger charge is 2.23. The minimum Gasteiger partial charge on any atom is -0.469 e. The van der Waals surface area contributed by atoms with Crippen LogP contribution in [0.1, 0.15) is 38.0 Å². The molecule has 2 heterocycles. The molecule has 0 fully saturated rings. The van der Waals surface area contributed by atoms with Gasteiger partial charge in [-0.1, -0.05) is 13.3 Å². The van der Waals surface area contributed by atoms with Crippen LogP contribution < -0.4 is 10.6 Å². The van der Waals surface area contributed by atoms with Crippen molar-refractivity contribution in [1.29, 1.82) is 0 Å². The second-order valence-corrected chi connectivity index (χ2v) is 6.77. The van der Waals surface area contributed by atoms with Crippen LogP contribution in [0.15, 0.2) is 44.6 Å². The highest BCUT2D eigenvalue weighted by atomic mass is 32.1. The number of guanidine groups is 1. The molecule has 5 nitrogen and oxygen atoms in total. The predicted molar refractivity (Wildman–Crippen MR) is 99.5 cm³/mol. The first-order chi connectivity index (χ1) is 11.6. The van der Waals surface area contributed by atoms with E-state index in [1.54, 1.807) is 24.5 Å². The van der Waals surface area contributed by atoms with Gasteiger partial charge in [0.15, 0.2) is 5.96 Å². The van der Waals surface area contributed by atoms with Crippen LogP contribution in [-0.2, 0) is 12.0 Å². The van der Waals surface area contributed by atoms with Gasteiger partial charge in [-0.3, -0.25) is 0 Å². The number of aliphatic imine (C=N–C) groups is 1. The van der Waals surface area contributed by atoms with E-state index in [4.69, 9.17) is 4.42 Å². The van der Waals surface area contributed by atoms with Gasteiger partial charge in [-0.05, 0) is 47.9 Å². The van der Waals surface area contributed by atoms with Gasteiger partial charge in [-0.2, -0.15) is 11.3 Å². The molecule has 0 saturated carbocycles. The number of nitrogens with zero attached hydrogens (tertiary/aromatic N) is 1. The molecule has 2 rings (SSSR count). The highest BCUT2D eigenvalue weighted by Crippen LogP contribution is 2.23. The maximum absolute atomic E-state index is 10.6. The molecule has 0 aliphatic rings. The maximum Gasteiger partial charge on any atom is 0.191 e. The molecule has 0 spiro atoms. The van der Waals surface area contributed by atoms with Gasteiger partial charge in [0.2, 0.25) is 0 Å². The van der Waals surface area contributed by atoms with Crippen LogP contribution >= 0.6 is 11.3 Å². The summed E-state index contributed by atoms with van der Waals surface area (Å²) in [5.41, 5.74) is -0.0554. The minimum absolute atomic E-state index is 0.311. The number of furan rings is 1. The summed E-state index contributed by atoms with van der Waals surface area (Å²) in [6, 6.07) is 5.79. The largest absolute Gasteiger partial charge is 0.469 e. The first-order valence-corrected chi connectivity index (χ1v) is 9.35. The first-order valence-electron chi connectivity index (χ1n) is 8.41. The lowest BCUT2D eigenvalue weighted by Gasteiger charge is -2.21. The molecule has 0 aliphatic heterocycles. The van der Waals surface area contributed by atoms with E-state index in [2.05, 4.69) is 22.5 Å². The Bertz CT molecular complexity index is 592. The van der Waals surface area contributed by atoms with Crippen molar-refractivity contribution in [2.75, 3.05) is 19.6 Å². The zero-order valence-electron chi connectivity index (χ0n) is 14.4. The number of thiophene rings is 1. The van der Waals surface area contributed by atoms with Crippen molar-refractivity contribution in [3.8, 4) is 0 Å². The van der Waals surface area contributed by atoms with Gasteiger partial charge in [0, 0.05) is 19.5 Å². The summed E-state index contributed by atoms with van der Waals surface area (Å²) in [6.45, 7) is 5.86. The Morgan fingerprint density at radius 2 is 2.17 bits per heavy atom. The Morgan fingerprint density at radius 3 is 2.83 bits per heavy atom. The molecule has 0 saturated heterocycles. The van der Waals surface area contributed by atoms with E-state index in [-0.39, 0.29) is 0 Å². The molecule has 1 atom stereocenters. The third kappa shape index (κ3) is 6.02. The summed E-state index contributed by atoms with van der Waals surface area (Å²) in [5.74, 6) is 1.67. The van der Waals surface area contributed by atoms with Gasteiger partial charge in [-0.15, -0.1) is 0 Å². The number of hydrogen-bond acceptors (Lipinski definition) is 4. The third-order valence-electron chi connectivity index (χ3n) is 3.75. The molecule has 132 valence electrons. The SMILES string of the molecule is CCCCNC(=NCC(C)(O)c1ccsc1)NCCc1ccco1. The van der Waals surface area contributed by atoms with Crippen molar-refractivity contribution in [3.05, 3.63) is 46.5 Å². The summed E-state index contributed by atoms with van der Waals surface area (Å²) >= 11 is 1.58. The molecular weight excluding hydrogens is 322 g/mol. The highest BCUT2D eigenvalue weighted by molar-refractivity contribution is 7.08. The fourth-order valence-electron chi connectivity index (χ4n) is 2.21. The minimum atomic E-state index is -0.958. The van der Waals surface area contributed by atoms with Gasteiger partial charge in [0.1, 0.15) is 11.4 Å². The van der Waals surface area contributed by atoms with E-state index in [1.807, 2.05) is 29.0 Å². The second kappa shape index (κ2) is 9.49. The molecule has 0 radical (unpaired) electrons. The van der Waals surface area contributed by atoms with Gasteiger partial charge in [0.25, 0.3) is 0 Å². The number of aliphatic hydroxyl groups is 1. The van der Waals surface area contributed by atoms with Crippen LogP contribution in [-0.4, -0.2) is 30.7 Å². The summed E-state index contributed by atoms with van der Waals surface area (Å²) in [4.78, 5) is 4.56. The molecule has 0 aliphatic carbocycles. The fraction of sp³-hybridized carbons (Fsp3) is 0.500. The van der Waals surface area contributed by atoms with Gasteiger partial charge in [-0.25, -0.2) is 4.99 Å². The van der Waals surface area contributed by atoms with Crippen LogP contribution in [0.5, 0.6) is 0 Å². The zero-order chi connectivity index (χ0) is 17.3. The van der Waals surface area contributed by atoms with E-state index < -0.39 is 5.60 Å². The van der Waals surface area contributed by atoms with Crippen LogP contribution in [0.4, 0.5) is 0 Å². The summed E-state index contributed by atoms with van der Waals surface area (Å²) < 4.78 is 5.34. The van der Waals surface area contributed by atoms with Gasteiger partial charge >= 0.3 is 0 Å². The molecule has 0 amide bonds. The number of rotatable bonds is 9. The average Bonchev–Trinajstić information content (AvgIpc) is 3.26. The standard InChI is InChI=1S/C18H27N3O2S/c1-3-4-9-19-17(20-10-7-16-6-5-11-23-16)21-14-18(2,22)15-8-12-24-13-15/h5-6,8,11-13,22H,3-4,7,9-10,14H2,1-2H3,(H2,19,20,21). The molecule has 1 unspecified atom stereocenters. The normalized spacial score (nSPS) is 14.4. The first kappa shape index (κ1) is 18.5. The van der Waals surface area contributed by atoms with Gasteiger partial charge < -0.3 is 20.2 Å². The van der Waals surface area contributed by atoms with Crippen molar-refractivity contribution in [2.24, 2.45) is 4.99 Å². The zero-order valence-corrected chi connectivity index (χ0v) is 15.2. The lowest BCUT2D eigenvalue weighted by molar-refractivity contribution is 0.0677. The van der Waals surface area contributed by atoms with Crippen LogP contribution in [0.3, 0.4) is 0 Å². The monoisotopic (exact) mass is 349 g/mol. The Kier molecular flexibility index (Phi) is 7.34. The van der Waals surface area contributed by atoms with E-state index in [9.17, 15) is 5.11 Å². The molecule has 0 aromatic carbocycles. The Labute approximate surface area is 147 Å². The lowest BCUT2D eigenvalue weighted by atomic mass is 10.00. The van der Waals surface area contributed by atoms with Crippen molar-refractivity contribution in [2.45, 2.75) is 38.7 Å². The molecule has 2 aromatic heterocycles. The summed E-state index contributed by atoms with van der Waals surface area (Å²) in [6.07, 6.45) is 4.68. The molecule has 2 aromatic rings. The molecule has 0 bridgehead atoms. The second-order valence-electron chi connectivity index (χ2n) is 5.99. The summed E-state index contributed by atoms with van der Waals surface area (Å²) in [7, 11) is 0. The lowest BCUT2D eigenvalue weighted by Crippen LogP contribution is -2.40. The summed E-state index contributed by atoms with van der Waals surface area (Å²) in [5, 5.41) is 21.2. The van der Waals surface area contributed by atoms with Crippen LogP contribution in [0.25, 0.3) is 0 Å². The van der Waals surface area contributed by atoms with E-state index in [0.717, 1.165) is 49.6 Å². The Balaban J connectivity index is 1.90. The van der Waals surface area contributed by atoms with Crippen molar-refractivity contribution < 1.29 is 9.52 Å². The Hall–Kier alpha value is -1.79. The average molecular weight is 350 g/mol. The number of hydrogen-bond donors (Lipinski definition) is 3. The van der Waals surface area contributed by atoms with Gasteiger partial charge in [0.05, 0.1) is 12.8 Å². The number of nitrogens with one attached hydrogen (secondary N) is 2. The quantitative estimate of drug-likeness (QED) is 0.370. The van der Waals surface area contributed by atoms with Crippen molar-refractivity contribution >= 4 is 17.3 Å². The maximum atomic E-state index is 10.6. The molecule has 3 N–H and O–H groups in total. The molecule has 6 heteroatoms. The van der Waals surface area contributed by atoms with Crippen molar-refractivity contribution in [1.82, 2.24) is 10.6 Å². The topological polar surface area (TPSA) is 69.8 Å². The Morgan fingerprint density at radius 1 is 1.33 bits per heavy atom. The van der Waals surface area contributed by atoms with E-state index in [0.29, 0.717) is 6.54 Å². The predicted octanol–water partition coefficient (Wildman–Crippen LogP) is 3.13. The third-order valence-corrected chi connectivity index (χ3v) is 4.44. The smallest absolute Gasteiger partial charge is 0.191 e. The molecular formula is C18H27N3O2S. The van der Waals surface area contributed by atoms with Crippen molar-refractivity contribution in [3.63, 3.8) is 0 Å².